The van der Waals surface area contributed by atoms with E-state index in [1.54, 1.807) is 36.4 Å². The summed E-state index contributed by atoms with van der Waals surface area (Å²) in [5.41, 5.74) is 4.02. The lowest BCUT2D eigenvalue weighted by molar-refractivity contribution is -0.140. The standard InChI is InChI=1S/C37H42BrN3O4S/c1-26(2)31-16-18-33(19-17-31)41(46(44,45)34-20-14-28(5)15-21-34)25-36(42)40(24-30-12-9-13-32(38)22-30)35(37(43)39-27(3)4)23-29-10-7-6-8-11-29/h6-22,26-27,35H,23-25H2,1-5H3,(H,39,43). The summed E-state index contributed by atoms with van der Waals surface area (Å²) in [4.78, 5) is 30.0. The number of amides is 2. The quantitative estimate of drug-likeness (QED) is 0.159. The van der Waals surface area contributed by atoms with Gasteiger partial charge >= 0.3 is 0 Å². The molecule has 7 nitrogen and oxygen atoms in total. The Morgan fingerprint density at radius 1 is 0.804 bits per heavy atom. The topological polar surface area (TPSA) is 86.8 Å². The van der Waals surface area contributed by atoms with Gasteiger partial charge in [-0.3, -0.25) is 13.9 Å². The molecule has 0 aliphatic rings. The first kappa shape index (κ1) is 34.9. The number of rotatable bonds is 13. The molecule has 0 bridgehead atoms. The molecule has 0 fully saturated rings. The van der Waals surface area contributed by atoms with E-state index in [2.05, 4.69) is 35.1 Å². The van der Waals surface area contributed by atoms with Crippen molar-refractivity contribution in [2.45, 2.75) is 70.5 Å². The van der Waals surface area contributed by atoms with Gasteiger partial charge < -0.3 is 10.2 Å². The largest absolute Gasteiger partial charge is 0.352 e. The van der Waals surface area contributed by atoms with E-state index in [0.717, 1.165) is 31.0 Å². The maximum Gasteiger partial charge on any atom is 0.264 e. The van der Waals surface area contributed by atoms with E-state index in [9.17, 15) is 18.0 Å². The van der Waals surface area contributed by atoms with E-state index in [1.807, 2.05) is 87.5 Å². The predicted octanol–water partition coefficient (Wildman–Crippen LogP) is 7.24. The van der Waals surface area contributed by atoms with Crippen LogP contribution in [0.5, 0.6) is 0 Å². The minimum atomic E-state index is -4.16. The summed E-state index contributed by atoms with van der Waals surface area (Å²) in [6, 6.07) is 29.8. The zero-order valence-corrected chi connectivity index (χ0v) is 29.4. The minimum absolute atomic E-state index is 0.0794. The van der Waals surface area contributed by atoms with Crippen LogP contribution in [0.15, 0.2) is 112 Å². The number of hydrogen-bond donors (Lipinski definition) is 1. The lowest BCUT2D eigenvalue weighted by atomic mass is 10.0. The van der Waals surface area contributed by atoms with Gasteiger partial charge in [-0.25, -0.2) is 8.42 Å². The molecule has 4 aromatic rings. The van der Waals surface area contributed by atoms with E-state index in [0.29, 0.717) is 5.69 Å². The summed E-state index contributed by atoms with van der Waals surface area (Å²) >= 11 is 3.52. The van der Waals surface area contributed by atoms with Gasteiger partial charge in [0.1, 0.15) is 12.6 Å². The van der Waals surface area contributed by atoms with Crippen LogP contribution in [0.25, 0.3) is 0 Å². The maximum absolute atomic E-state index is 14.6. The number of aryl methyl sites for hydroxylation is 1. The summed E-state index contributed by atoms with van der Waals surface area (Å²) in [6.07, 6.45) is 0.257. The fraction of sp³-hybridized carbons (Fsp3) is 0.297. The van der Waals surface area contributed by atoms with Crippen LogP contribution >= 0.6 is 15.9 Å². The first-order valence-corrected chi connectivity index (χ1v) is 17.7. The number of benzene rings is 4. The van der Waals surface area contributed by atoms with Crippen molar-refractivity contribution in [3.63, 3.8) is 0 Å². The van der Waals surface area contributed by atoms with Gasteiger partial charge in [0.15, 0.2) is 0 Å². The number of hydrogen-bond acceptors (Lipinski definition) is 4. The molecule has 0 aliphatic carbocycles. The van der Waals surface area contributed by atoms with Crippen LogP contribution in [0.2, 0.25) is 0 Å². The smallest absolute Gasteiger partial charge is 0.264 e. The van der Waals surface area contributed by atoms with Crippen molar-refractivity contribution in [2.24, 2.45) is 0 Å². The molecule has 1 N–H and O–H groups in total. The summed E-state index contributed by atoms with van der Waals surface area (Å²) < 4.78 is 30.4. The molecule has 4 rings (SSSR count). The molecule has 0 spiro atoms. The van der Waals surface area contributed by atoms with Crippen LogP contribution in [0, 0.1) is 6.92 Å². The van der Waals surface area contributed by atoms with Crippen LogP contribution in [-0.4, -0.2) is 43.8 Å². The Kier molecular flexibility index (Phi) is 11.8. The normalized spacial score (nSPS) is 12.2. The highest BCUT2D eigenvalue weighted by Crippen LogP contribution is 2.27. The van der Waals surface area contributed by atoms with Crippen LogP contribution in [0.3, 0.4) is 0 Å². The van der Waals surface area contributed by atoms with Crippen molar-refractivity contribution in [1.82, 2.24) is 10.2 Å². The number of anilines is 1. The van der Waals surface area contributed by atoms with E-state index < -0.39 is 28.5 Å². The highest BCUT2D eigenvalue weighted by molar-refractivity contribution is 9.10. The third-order valence-corrected chi connectivity index (χ3v) is 9.96. The van der Waals surface area contributed by atoms with Gasteiger partial charge in [0.05, 0.1) is 10.6 Å². The number of sulfonamides is 1. The van der Waals surface area contributed by atoms with Crippen LogP contribution in [-0.2, 0) is 32.6 Å². The molecular weight excluding hydrogens is 662 g/mol. The SMILES string of the molecule is Cc1ccc(S(=O)(=O)N(CC(=O)N(Cc2cccc(Br)c2)C(Cc2ccccc2)C(=O)NC(C)C)c2ccc(C(C)C)cc2)cc1. The average Bonchev–Trinajstić information content (AvgIpc) is 3.02. The summed E-state index contributed by atoms with van der Waals surface area (Å²) in [5, 5.41) is 2.98. The zero-order valence-electron chi connectivity index (χ0n) is 27.0. The molecule has 2 amide bonds. The van der Waals surface area contributed by atoms with E-state index in [4.69, 9.17) is 0 Å². The Labute approximate surface area is 281 Å². The Hall–Kier alpha value is -3.95. The van der Waals surface area contributed by atoms with Crippen molar-refractivity contribution >= 4 is 43.5 Å². The van der Waals surface area contributed by atoms with E-state index in [1.165, 1.54) is 4.90 Å². The first-order chi connectivity index (χ1) is 21.8. The molecule has 1 atom stereocenters. The summed E-state index contributed by atoms with van der Waals surface area (Å²) in [7, 11) is -4.16. The monoisotopic (exact) mass is 703 g/mol. The van der Waals surface area contributed by atoms with Gasteiger partial charge in [0.25, 0.3) is 10.0 Å². The molecule has 0 aliphatic heterocycles. The lowest BCUT2D eigenvalue weighted by Gasteiger charge is -2.34. The average molecular weight is 705 g/mol. The van der Waals surface area contributed by atoms with Crippen LogP contribution in [0.1, 0.15) is 55.9 Å². The van der Waals surface area contributed by atoms with Gasteiger partial charge in [-0.2, -0.15) is 0 Å². The first-order valence-electron chi connectivity index (χ1n) is 15.4. The van der Waals surface area contributed by atoms with Gasteiger partial charge in [0, 0.05) is 23.5 Å². The predicted molar refractivity (Wildman–Crippen MR) is 188 cm³/mol. The van der Waals surface area contributed by atoms with Crippen LogP contribution < -0.4 is 9.62 Å². The summed E-state index contributed by atoms with van der Waals surface area (Å²) in [6.45, 7) is 9.36. The fourth-order valence-corrected chi connectivity index (χ4v) is 7.02. The Morgan fingerprint density at radius 3 is 2.02 bits per heavy atom. The molecule has 0 saturated heterocycles. The summed E-state index contributed by atoms with van der Waals surface area (Å²) in [5.74, 6) is -0.559. The fourth-order valence-electron chi connectivity index (χ4n) is 5.16. The number of nitrogens with one attached hydrogen (secondary N) is 1. The molecule has 242 valence electrons. The molecule has 0 radical (unpaired) electrons. The van der Waals surface area contributed by atoms with Gasteiger partial charge in [-0.15, -0.1) is 0 Å². The Bertz CT molecular complexity index is 1720. The third-order valence-electron chi connectivity index (χ3n) is 7.68. The molecule has 9 heteroatoms. The number of carbonyl (C=O) groups excluding carboxylic acids is 2. The number of halogens is 1. The third kappa shape index (κ3) is 9.07. The molecule has 46 heavy (non-hydrogen) atoms. The minimum Gasteiger partial charge on any atom is -0.352 e. The van der Waals surface area contributed by atoms with E-state index >= 15 is 0 Å². The highest BCUT2D eigenvalue weighted by Gasteiger charge is 2.35. The maximum atomic E-state index is 14.6. The van der Waals surface area contributed by atoms with Crippen molar-refractivity contribution in [3.8, 4) is 0 Å². The van der Waals surface area contributed by atoms with Crippen LogP contribution in [0.4, 0.5) is 5.69 Å². The second kappa shape index (κ2) is 15.6. The number of carbonyl (C=O) groups is 2. The van der Waals surface area contributed by atoms with Crippen molar-refractivity contribution in [2.75, 3.05) is 10.8 Å². The Morgan fingerprint density at radius 2 is 1.43 bits per heavy atom. The zero-order chi connectivity index (χ0) is 33.4. The Balaban J connectivity index is 1.81. The number of nitrogens with zero attached hydrogens (tertiary/aromatic N) is 2. The second-order valence-electron chi connectivity index (χ2n) is 12.1. The van der Waals surface area contributed by atoms with E-state index in [-0.39, 0.29) is 35.7 Å². The molecular formula is C37H42BrN3O4S. The highest BCUT2D eigenvalue weighted by atomic mass is 79.9. The van der Waals surface area contributed by atoms with Crippen molar-refractivity contribution < 1.29 is 18.0 Å². The van der Waals surface area contributed by atoms with Gasteiger partial charge in [-0.05, 0) is 79.8 Å². The van der Waals surface area contributed by atoms with Crippen molar-refractivity contribution in [1.29, 1.82) is 0 Å². The van der Waals surface area contributed by atoms with Gasteiger partial charge in [-0.1, -0.05) is 102 Å². The molecule has 1 unspecified atom stereocenters. The molecule has 0 saturated carbocycles. The van der Waals surface area contributed by atoms with Crippen molar-refractivity contribution in [3.05, 3.63) is 130 Å². The van der Waals surface area contributed by atoms with Gasteiger partial charge in [0.2, 0.25) is 11.8 Å². The molecule has 4 aromatic carbocycles. The second-order valence-corrected chi connectivity index (χ2v) is 14.9. The molecule has 0 heterocycles. The lowest BCUT2D eigenvalue weighted by Crippen LogP contribution is -2.54. The molecule has 0 aromatic heterocycles.